The van der Waals surface area contributed by atoms with Crippen LogP contribution in [0.15, 0.2) is 60.0 Å². The Kier molecular flexibility index (Phi) is 6.99. The highest BCUT2D eigenvalue weighted by atomic mass is 32.1. The van der Waals surface area contributed by atoms with Crippen LogP contribution in [0.25, 0.3) is 0 Å². The van der Waals surface area contributed by atoms with Gasteiger partial charge in [-0.3, -0.25) is 9.59 Å². The van der Waals surface area contributed by atoms with Crippen molar-refractivity contribution in [3.8, 4) is 11.5 Å². The van der Waals surface area contributed by atoms with Gasteiger partial charge in [-0.25, -0.2) is 4.39 Å². The summed E-state index contributed by atoms with van der Waals surface area (Å²) >= 11 is 1.29. The molecule has 2 amide bonds. The van der Waals surface area contributed by atoms with Crippen LogP contribution in [0, 0.1) is 5.82 Å². The highest BCUT2D eigenvalue weighted by Crippen LogP contribution is 2.35. The zero-order chi connectivity index (χ0) is 24.2. The molecule has 0 spiro atoms. The monoisotopic (exact) mass is 494 g/mol. The second-order valence-electron chi connectivity index (χ2n) is 8.87. The second kappa shape index (κ2) is 10.5. The van der Waals surface area contributed by atoms with Gasteiger partial charge in [-0.1, -0.05) is 49.6 Å². The van der Waals surface area contributed by atoms with Gasteiger partial charge in [0.1, 0.15) is 11.9 Å². The van der Waals surface area contributed by atoms with Gasteiger partial charge in [0.05, 0.1) is 4.88 Å². The Hall–Kier alpha value is -3.39. The Bertz CT molecular complexity index is 1190. The van der Waals surface area contributed by atoms with Crippen LogP contribution < -0.4 is 14.8 Å². The Morgan fingerprint density at radius 1 is 1.03 bits per heavy atom. The molecule has 1 N–H and O–H groups in total. The normalized spacial score (nSPS) is 16.0. The minimum Gasteiger partial charge on any atom is -0.454 e. The van der Waals surface area contributed by atoms with E-state index < -0.39 is 11.9 Å². The molecule has 182 valence electrons. The molecule has 1 atom stereocenters. The average Bonchev–Trinajstić information content (AvgIpc) is 3.57. The summed E-state index contributed by atoms with van der Waals surface area (Å²) < 4.78 is 26.0. The first-order chi connectivity index (χ1) is 17.1. The van der Waals surface area contributed by atoms with E-state index in [4.69, 9.17) is 9.47 Å². The van der Waals surface area contributed by atoms with Crippen molar-refractivity contribution in [3.63, 3.8) is 0 Å². The van der Waals surface area contributed by atoms with Gasteiger partial charge in [-0.2, -0.15) is 0 Å². The number of thiophene rings is 1. The molecule has 1 aliphatic carbocycles. The molecule has 1 aromatic heterocycles. The zero-order valence-electron chi connectivity index (χ0n) is 19.2. The summed E-state index contributed by atoms with van der Waals surface area (Å²) in [5, 5.41) is 4.92. The first kappa shape index (κ1) is 23.4. The third kappa shape index (κ3) is 5.17. The number of halogens is 1. The minimum atomic E-state index is -1.13. The van der Waals surface area contributed by atoms with Gasteiger partial charge in [0, 0.05) is 18.2 Å². The van der Waals surface area contributed by atoms with Gasteiger partial charge in [0.15, 0.2) is 11.5 Å². The van der Waals surface area contributed by atoms with Crippen molar-refractivity contribution >= 4 is 23.2 Å². The molecular formula is C27H27FN2O4S. The zero-order valence-corrected chi connectivity index (χ0v) is 20.1. The minimum absolute atomic E-state index is 0.0229. The number of nitrogens with one attached hydrogen (secondary N) is 1. The number of fused-ring (bicyclic) bond motifs is 1. The van der Waals surface area contributed by atoms with Gasteiger partial charge < -0.3 is 19.7 Å². The molecule has 0 unspecified atom stereocenters. The Labute approximate surface area is 207 Å². The Morgan fingerprint density at radius 2 is 1.83 bits per heavy atom. The maximum atomic E-state index is 15.1. The van der Waals surface area contributed by atoms with E-state index in [0.717, 1.165) is 37.7 Å². The number of hydrogen-bond acceptors (Lipinski definition) is 5. The molecule has 2 aliphatic rings. The topological polar surface area (TPSA) is 67.9 Å². The van der Waals surface area contributed by atoms with Gasteiger partial charge in [0.2, 0.25) is 12.7 Å². The standard InChI is InChI=1S/C27H27FN2O4S/c28-21-10-5-4-9-20(21)25(26(31)29-19-7-2-1-3-8-19)30(27(32)24-11-6-14-35-24)16-18-12-13-22-23(15-18)34-17-33-22/h4-6,9-15,19,25H,1-3,7-8,16-17H2,(H,29,31)/t25-/m1/s1. The number of rotatable bonds is 7. The van der Waals surface area contributed by atoms with Gasteiger partial charge in [-0.05, 0) is 48.1 Å². The van der Waals surface area contributed by atoms with Crippen LogP contribution in [0.5, 0.6) is 11.5 Å². The lowest BCUT2D eigenvalue weighted by molar-refractivity contribution is -0.127. The van der Waals surface area contributed by atoms with Gasteiger partial charge in [0.25, 0.3) is 5.91 Å². The summed E-state index contributed by atoms with van der Waals surface area (Å²) in [5.74, 6) is -0.00553. The van der Waals surface area contributed by atoms with Crippen molar-refractivity contribution in [2.24, 2.45) is 0 Å². The van der Waals surface area contributed by atoms with Crippen molar-refractivity contribution in [2.75, 3.05) is 6.79 Å². The number of nitrogens with zero attached hydrogens (tertiary/aromatic N) is 1. The number of benzene rings is 2. The largest absolute Gasteiger partial charge is 0.454 e. The molecular weight excluding hydrogens is 467 g/mol. The lowest BCUT2D eigenvalue weighted by Gasteiger charge is -2.33. The maximum Gasteiger partial charge on any atom is 0.265 e. The molecule has 5 rings (SSSR count). The fourth-order valence-electron chi connectivity index (χ4n) is 4.73. The molecule has 6 nitrogen and oxygen atoms in total. The van der Waals surface area contributed by atoms with Crippen LogP contribution in [0.1, 0.15) is 58.9 Å². The third-order valence-corrected chi connectivity index (χ3v) is 7.35. The number of hydrogen-bond donors (Lipinski definition) is 1. The van der Waals surface area contributed by atoms with Crippen LogP contribution >= 0.6 is 11.3 Å². The first-order valence-electron chi connectivity index (χ1n) is 11.9. The molecule has 2 heterocycles. The van der Waals surface area contributed by atoms with E-state index in [0.29, 0.717) is 16.4 Å². The van der Waals surface area contributed by atoms with E-state index in [1.165, 1.54) is 22.3 Å². The van der Waals surface area contributed by atoms with Crippen LogP contribution in [-0.2, 0) is 11.3 Å². The van der Waals surface area contributed by atoms with Crippen molar-refractivity contribution < 1.29 is 23.5 Å². The molecule has 35 heavy (non-hydrogen) atoms. The molecule has 8 heteroatoms. The van der Waals surface area contributed by atoms with Crippen molar-refractivity contribution in [2.45, 2.75) is 50.7 Å². The number of carbonyl (C=O) groups excluding carboxylic acids is 2. The molecule has 3 aromatic rings. The lowest BCUT2D eigenvalue weighted by atomic mass is 9.94. The fourth-order valence-corrected chi connectivity index (χ4v) is 5.41. The highest BCUT2D eigenvalue weighted by Gasteiger charge is 2.35. The molecule has 1 fully saturated rings. The van der Waals surface area contributed by atoms with Gasteiger partial charge in [-0.15, -0.1) is 11.3 Å². The van der Waals surface area contributed by atoms with Crippen LogP contribution in [0.2, 0.25) is 0 Å². The Morgan fingerprint density at radius 3 is 2.60 bits per heavy atom. The Balaban J connectivity index is 1.53. The SMILES string of the molecule is O=C(NC1CCCCC1)[C@@H](c1ccccc1F)N(Cc1ccc2c(c1)OCO2)C(=O)c1cccs1. The van der Waals surface area contributed by atoms with Crippen molar-refractivity contribution in [1.82, 2.24) is 10.2 Å². The summed E-state index contributed by atoms with van der Waals surface area (Å²) in [6.07, 6.45) is 5.01. The summed E-state index contributed by atoms with van der Waals surface area (Å²) in [7, 11) is 0. The first-order valence-corrected chi connectivity index (χ1v) is 12.8. The predicted octanol–water partition coefficient (Wildman–Crippen LogP) is 5.45. The van der Waals surface area contributed by atoms with Crippen LogP contribution in [0.4, 0.5) is 4.39 Å². The van der Waals surface area contributed by atoms with E-state index in [-0.39, 0.29) is 36.8 Å². The van der Waals surface area contributed by atoms with E-state index in [1.807, 2.05) is 11.4 Å². The quantitative estimate of drug-likeness (QED) is 0.474. The summed E-state index contributed by atoms with van der Waals surface area (Å²) in [6.45, 7) is 0.239. The fraction of sp³-hybridized carbons (Fsp3) is 0.333. The summed E-state index contributed by atoms with van der Waals surface area (Å²) in [4.78, 5) is 29.4. The van der Waals surface area contributed by atoms with E-state index >= 15 is 4.39 Å². The van der Waals surface area contributed by atoms with E-state index in [2.05, 4.69) is 5.32 Å². The van der Waals surface area contributed by atoms with E-state index in [1.54, 1.807) is 42.5 Å². The average molecular weight is 495 g/mol. The molecule has 0 radical (unpaired) electrons. The molecule has 0 bridgehead atoms. The summed E-state index contributed by atoms with van der Waals surface area (Å²) in [5.41, 5.74) is 0.928. The van der Waals surface area contributed by atoms with Crippen molar-refractivity contribution in [1.29, 1.82) is 0 Å². The maximum absolute atomic E-state index is 15.1. The number of ether oxygens (including phenoxy) is 2. The third-order valence-electron chi connectivity index (χ3n) is 6.49. The van der Waals surface area contributed by atoms with Crippen LogP contribution in [0.3, 0.4) is 0 Å². The smallest absolute Gasteiger partial charge is 0.265 e. The summed E-state index contributed by atoms with van der Waals surface area (Å²) in [6, 6.07) is 14.0. The van der Waals surface area contributed by atoms with Crippen molar-refractivity contribution in [3.05, 3.63) is 81.8 Å². The van der Waals surface area contributed by atoms with E-state index in [9.17, 15) is 9.59 Å². The predicted molar refractivity (Wildman–Crippen MR) is 131 cm³/mol. The van der Waals surface area contributed by atoms with Crippen LogP contribution in [-0.4, -0.2) is 29.5 Å². The van der Waals surface area contributed by atoms with Gasteiger partial charge >= 0.3 is 0 Å². The molecule has 0 saturated heterocycles. The molecule has 1 saturated carbocycles. The number of amides is 2. The molecule has 2 aromatic carbocycles. The lowest BCUT2D eigenvalue weighted by Crippen LogP contribution is -2.47. The highest BCUT2D eigenvalue weighted by molar-refractivity contribution is 7.12. The number of carbonyl (C=O) groups is 2. The second-order valence-corrected chi connectivity index (χ2v) is 9.81. The molecule has 1 aliphatic heterocycles.